The molecule has 1 saturated heterocycles. The molecule has 1 aromatic rings. The van der Waals surface area contributed by atoms with E-state index in [0.717, 1.165) is 12.2 Å². The molecule has 0 spiro atoms. The number of hydrogen-bond acceptors (Lipinski definition) is 2. The third-order valence-corrected chi connectivity index (χ3v) is 5.61. The Morgan fingerprint density at radius 1 is 1.12 bits per heavy atom. The zero-order valence-corrected chi connectivity index (χ0v) is 14.8. The van der Waals surface area contributed by atoms with Crippen molar-refractivity contribution in [2.24, 2.45) is 11.8 Å². The summed E-state index contributed by atoms with van der Waals surface area (Å²) < 4.78 is 0. The first-order valence-corrected chi connectivity index (χ1v) is 9.22. The molecule has 2 amide bonds. The van der Waals surface area contributed by atoms with Crippen molar-refractivity contribution < 1.29 is 9.59 Å². The van der Waals surface area contributed by atoms with Crippen LogP contribution in [0.5, 0.6) is 0 Å². The van der Waals surface area contributed by atoms with Gasteiger partial charge >= 0.3 is 0 Å². The summed E-state index contributed by atoms with van der Waals surface area (Å²) in [6, 6.07) is 6.05. The lowest BCUT2D eigenvalue weighted by Crippen LogP contribution is -2.39. The van der Waals surface area contributed by atoms with Crippen LogP contribution in [0.25, 0.3) is 0 Å². The molecule has 1 saturated carbocycles. The molecular formula is C20H28N2O2. The molecule has 1 aliphatic carbocycles. The maximum atomic E-state index is 12.7. The van der Waals surface area contributed by atoms with Gasteiger partial charge in [-0.3, -0.25) is 9.59 Å². The van der Waals surface area contributed by atoms with Gasteiger partial charge in [-0.2, -0.15) is 0 Å². The van der Waals surface area contributed by atoms with E-state index in [1.54, 1.807) is 4.90 Å². The van der Waals surface area contributed by atoms with Gasteiger partial charge in [-0.15, -0.1) is 0 Å². The molecule has 1 N–H and O–H groups in total. The Labute approximate surface area is 144 Å². The van der Waals surface area contributed by atoms with Crippen molar-refractivity contribution in [3.05, 3.63) is 29.3 Å². The third kappa shape index (κ3) is 3.63. The Balaban J connectivity index is 1.58. The van der Waals surface area contributed by atoms with Crippen LogP contribution < -0.4 is 10.2 Å². The predicted octanol–water partition coefficient (Wildman–Crippen LogP) is 3.35. The highest BCUT2D eigenvalue weighted by molar-refractivity contribution is 6.09. The molecule has 3 rings (SSSR count). The molecule has 0 bridgehead atoms. The molecule has 4 nitrogen and oxygen atoms in total. The summed E-state index contributed by atoms with van der Waals surface area (Å²) >= 11 is 0. The van der Waals surface area contributed by atoms with Gasteiger partial charge in [0.05, 0.1) is 0 Å². The fraction of sp³-hybridized carbons (Fsp3) is 0.600. The van der Waals surface area contributed by atoms with Crippen LogP contribution in [0.15, 0.2) is 18.2 Å². The van der Waals surface area contributed by atoms with E-state index in [4.69, 9.17) is 0 Å². The van der Waals surface area contributed by atoms with Crippen LogP contribution in [0.1, 0.15) is 49.7 Å². The smallest absolute Gasteiger partial charge is 0.239 e. The second-order valence-corrected chi connectivity index (χ2v) is 7.35. The van der Waals surface area contributed by atoms with Crippen LogP contribution in [0, 0.1) is 25.7 Å². The van der Waals surface area contributed by atoms with Crippen molar-refractivity contribution in [2.75, 3.05) is 18.0 Å². The highest BCUT2D eigenvalue weighted by Crippen LogP contribution is 2.27. The Morgan fingerprint density at radius 3 is 2.58 bits per heavy atom. The first kappa shape index (κ1) is 17.0. The Kier molecular flexibility index (Phi) is 5.22. The molecular weight excluding hydrogens is 300 g/mol. The second kappa shape index (κ2) is 7.37. The SMILES string of the molecule is Cc1ccc(N2CCC(C(=O)NCC3CCCCC3)C2=O)cc1C. The van der Waals surface area contributed by atoms with Gasteiger partial charge in [0.15, 0.2) is 0 Å². The Hall–Kier alpha value is -1.84. The maximum Gasteiger partial charge on any atom is 0.239 e. The minimum Gasteiger partial charge on any atom is -0.355 e. The number of aryl methyl sites for hydroxylation is 2. The molecule has 2 aliphatic rings. The predicted molar refractivity (Wildman–Crippen MR) is 96.0 cm³/mol. The molecule has 1 heterocycles. The highest BCUT2D eigenvalue weighted by atomic mass is 16.2. The standard InChI is InChI=1S/C20H28N2O2/c1-14-8-9-17(12-15(14)2)22-11-10-18(20(22)24)19(23)21-13-16-6-4-3-5-7-16/h8-9,12,16,18H,3-7,10-11,13H2,1-2H3,(H,21,23). The number of amides is 2. The first-order chi connectivity index (χ1) is 11.6. The van der Waals surface area contributed by atoms with Crippen molar-refractivity contribution in [3.63, 3.8) is 0 Å². The summed E-state index contributed by atoms with van der Waals surface area (Å²) in [6.45, 7) is 5.47. The van der Waals surface area contributed by atoms with Gasteiger partial charge in [0.1, 0.15) is 5.92 Å². The number of rotatable bonds is 4. The van der Waals surface area contributed by atoms with Crippen molar-refractivity contribution in [1.29, 1.82) is 0 Å². The summed E-state index contributed by atoms with van der Waals surface area (Å²) in [5.74, 6) is -0.0680. The van der Waals surface area contributed by atoms with Gasteiger partial charge in [0, 0.05) is 18.8 Å². The summed E-state index contributed by atoms with van der Waals surface area (Å²) in [4.78, 5) is 26.9. The van der Waals surface area contributed by atoms with E-state index in [9.17, 15) is 9.59 Å². The number of nitrogens with one attached hydrogen (secondary N) is 1. The zero-order chi connectivity index (χ0) is 17.1. The lowest BCUT2D eigenvalue weighted by Gasteiger charge is -2.22. The molecule has 130 valence electrons. The van der Waals surface area contributed by atoms with Gasteiger partial charge < -0.3 is 10.2 Å². The van der Waals surface area contributed by atoms with E-state index in [1.807, 2.05) is 25.1 Å². The van der Waals surface area contributed by atoms with Crippen LogP contribution in [0.4, 0.5) is 5.69 Å². The normalized spacial score (nSPS) is 22.0. The fourth-order valence-electron chi connectivity index (χ4n) is 3.83. The number of anilines is 1. The van der Waals surface area contributed by atoms with E-state index in [2.05, 4.69) is 12.2 Å². The minimum atomic E-state index is -0.518. The molecule has 1 aliphatic heterocycles. The minimum absolute atomic E-state index is 0.0561. The second-order valence-electron chi connectivity index (χ2n) is 7.35. The summed E-state index contributed by atoms with van der Waals surface area (Å²) in [5, 5.41) is 3.03. The third-order valence-electron chi connectivity index (χ3n) is 5.61. The molecule has 24 heavy (non-hydrogen) atoms. The van der Waals surface area contributed by atoms with Crippen LogP contribution >= 0.6 is 0 Å². The van der Waals surface area contributed by atoms with Crippen molar-refractivity contribution in [1.82, 2.24) is 5.32 Å². The van der Waals surface area contributed by atoms with Crippen molar-refractivity contribution >= 4 is 17.5 Å². The molecule has 0 aromatic heterocycles. The first-order valence-electron chi connectivity index (χ1n) is 9.22. The van der Waals surface area contributed by atoms with Gasteiger partial charge in [0.25, 0.3) is 0 Å². The van der Waals surface area contributed by atoms with Gasteiger partial charge in [-0.25, -0.2) is 0 Å². The molecule has 2 fully saturated rings. The number of nitrogens with zero attached hydrogens (tertiary/aromatic N) is 1. The van der Waals surface area contributed by atoms with Crippen LogP contribution in [0.2, 0.25) is 0 Å². The largest absolute Gasteiger partial charge is 0.355 e. The lowest BCUT2D eigenvalue weighted by molar-refractivity contribution is -0.132. The average molecular weight is 328 g/mol. The van der Waals surface area contributed by atoms with Crippen LogP contribution in [0.3, 0.4) is 0 Å². The topological polar surface area (TPSA) is 49.4 Å². The van der Waals surface area contributed by atoms with Crippen LogP contribution in [-0.4, -0.2) is 24.9 Å². The summed E-state index contributed by atoms with van der Waals surface area (Å²) in [6.07, 6.45) is 6.87. The molecule has 0 radical (unpaired) electrons. The van der Waals surface area contributed by atoms with E-state index in [-0.39, 0.29) is 11.8 Å². The van der Waals surface area contributed by atoms with E-state index < -0.39 is 5.92 Å². The van der Waals surface area contributed by atoms with Gasteiger partial charge in [-0.1, -0.05) is 25.3 Å². The number of carbonyl (C=O) groups is 2. The van der Waals surface area contributed by atoms with Crippen molar-refractivity contribution in [3.8, 4) is 0 Å². The van der Waals surface area contributed by atoms with Gasteiger partial charge in [-0.05, 0) is 62.3 Å². The van der Waals surface area contributed by atoms with E-state index >= 15 is 0 Å². The van der Waals surface area contributed by atoms with Gasteiger partial charge in [0.2, 0.25) is 11.8 Å². The maximum absolute atomic E-state index is 12.7. The monoisotopic (exact) mass is 328 g/mol. The van der Waals surface area contributed by atoms with Crippen LogP contribution in [-0.2, 0) is 9.59 Å². The highest BCUT2D eigenvalue weighted by Gasteiger charge is 2.37. The van der Waals surface area contributed by atoms with E-state index in [1.165, 1.54) is 43.2 Å². The molecule has 1 atom stereocenters. The fourth-order valence-corrected chi connectivity index (χ4v) is 3.83. The quantitative estimate of drug-likeness (QED) is 0.862. The Bertz CT molecular complexity index is 620. The molecule has 1 unspecified atom stereocenters. The van der Waals surface area contributed by atoms with E-state index in [0.29, 0.717) is 18.9 Å². The Morgan fingerprint density at radius 2 is 1.88 bits per heavy atom. The summed E-state index contributed by atoms with van der Waals surface area (Å²) in [7, 11) is 0. The molecule has 4 heteroatoms. The molecule has 1 aromatic carbocycles. The zero-order valence-electron chi connectivity index (χ0n) is 14.8. The average Bonchev–Trinajstić information content (AvgIpc) is 2.98. The lowest BCUT2D eigenvalue weighted by atomic mass is 9.89. The summed E-state index contributed by atoms with van der Waals surface area (Å²) in [5.41, 5.74) is 3.29. The number of benzene rings is 1. The number of carbonyl (C=O) groups excluding carboxylic acids is 2. The van der Waals surface area contributed by atoms with Crippen molar-refractivity contribution in [2.45, 2.75) is 52.4 Å². The number of hydrogen-bond donors (Lipinski definition) is 1.